The minimum Gasteiger partial charge on any atom is -0.343 e. The van der Waals surface area contributed by atoms with E-state index in [2.05, 4.69) is 0 Å². The molecule has 0 saturated carbocycles. The monoisotopic (exact) mass is 251 g/mol. The lowest BCUT2D eigenvalue weighted by molar-refractivity contribution is -0.186. The van der Waals surface area contributed by atoms with Gasteiger partial charge in [0.2, 0.25) is 5.91 Å². The van der Waals surface area contributed by atoms with Gasteiger partial charge in [-0.2, -0.15) is 13.2 Å². The molecule has 0 aliphatic carbocycles. The van der Waals surface area contributed by atoms with E-state index in [-0.39, 0.29) is 37.3 Å². The van der Waals surface area contributed by atoms with Crippen LogP contribution in [0, 0.1) is 11.3 Å². The number of hydrogen-bond acceptors (Lipinski definition) is 1. The molecular weight excluding hydrogens is 231 g/mol. The third-order valence-electron chi connectivity index (χ3n) is 2.99. The van der Waals surface area contributed by atoms with E-state index in [0.29, 0.717) is 6.42 Å². The van der Waals surface area contributed by atoms with Crippen LogP contribution in [0.15, 0.2) is 0 Å². The van der Waals surface area contributed by atoms with Crippen molar-refractivity contribution in [3.63, 3.8) is 0 Å². The lowest BCUT2D eigenvalue weighted by Gasteiger charge is -2.34. The zero-order valence-electron chi connectivity index (χ0n) is 10.6. The van der Waals surface area contributed by atoms with Crippen molar-refractivity contribution in [3.8, 4) is 0 Å². The van der Waals surface area contributed by atoms with Crippen LogP contribution in [0.5, 0.6) is 0 Å². The molecule has 1 aliphatic heterocycles. The molecule has 17 heavy (non-hydrogen) atoms. The molecule has 0 spiro atoms. The van der Waals surface area contributed by atoms with Gasteiger partial charge in [-0.1, -0.05) is 20.8 Å². The Labute approximate surface area is 100 Å². The molecule has 0 aromatic heterocycles. The zero-order valence-corrected chi connectivity index (χ0v) is 10.6. The van der Waals surface area contributed by atoms with E-state index in [1.165, 1.54) is 0 Å². The van der Waals surface area contributed by atoms with Gasteiger partial charge in [0.15, 0.2) is 0 Å². The molecule has 1 fully saturated rings. The van der Waals surface area contributed by atoms with E-state index >= 15 is 0 Å². The highest BCUT2D eigenvalue weighted by Gasteiger charge is 2.41. The van der Waals surface area contributed by atoms with Gasteiger partial charge in [0.25, 0.3) is 0 Å². The van der Waals surface area contributed by atoms with E-state index < -0.39 is 12.1 Å². The molecule has 100 valence electrons. The molecule has 0 aromatic carbocycles. The summed E-state index contributed by atoms with van der Waals surface area (Å²) in [5.41, 5.74) is -0.113. The molecule has 5 heteroatoms. The molecule has 1 heterocycles. The predicted molar refractivity (Wildman–Crippen MR) is 59.4 cm³/mol. The molecule has 0 N–H and O–H groups in total. The molecule has 0 unspecified atom stereocenters. The van der Waals surface area contributed by atoms with Crippen molar-refractivity contribution < 1.29 is 18.0 Å². The fraction of sp³-hybridized carbons (Fsp3) is 0.917. The molecule has 0 aromatic rings. The minimum atomic E-state index is -4.11. The van der Waals surface area contributed by atoms with E-state index in [1.54, 1.807) is 4.90 Å². The molecule has 0 atom stereocenters. The van der Waals surface area contributed by atoms with Crippen LogP contribution >= 0.6 is 0 Å². The molecule has 0 radical (unpaired) electrons. The SMILES string of the molecule is CC(C)(C)CC(=O)N1CCC(C(F)(F)F)CC1. The third kappa shape index (κ3) is 4.56. The Kier molecular flexibility index (Phi) is 4.10. The average molecular weight is 251 g/mol. The van der Waals surface area contributed by atoms with Crippen molar-refractivity contribution >= 4 is 5.91 Å². The number of nitrogens with zero attached hydrogens (tertiary/aromatic N) is 1. The van der Waals surface area contributed by atoms with Crippen LogP contribution in [0.2, 0.25) is 0 Å². The number of carbonyl (C=O) groups is 1. The van der Waals surface area contributed by atoms with Crippen LogP contribution in [0.1, 0.15) is 40.0 Å². The standard InChI is InChI=1S/C12H20F3NO/c1-11(2,3)8-10(17)16-6-4-9(5-7-16)12(13,14)15/h9H,4-8H2,1-3H3. The zero-order chi connectivity index (χ0) is 13.3. The van der Waals surface area contributed by atoms with E-state index in [9.17, 15) is 18.0 Å². The van der Waals surface area contributed by atoms with Crippen molar-refractivity contribution in [1.82, 2.24) is 4.90 Å². The predicted octanol–water partition coefficient (Wildman–Crippen LogP) is 3.22. The Morgan fingerprint density at radius 1 is 1.18 bits per heavy atom. The third-order valence-corrected chi connectivity index (χ3v) is 2.99. The number of hydrogen-bond donors (Lipinski definition) is 0. The van der Waals surface area contributed by atoms with Crippen LogP contribution in [-0.4, -0.2) is 30.1 Å². The number of alkyl halides is 3. The molecule has 1 saturated heterocycles. The number of carbonyl (C=O) groups excluding carboxylic acids is 1. The number of rotatable bonds is 1. The normalized spacial score (nSPS) is 19.5. The van der Waals surface area contributed by atoms with Gasteiger partial charge in [0, 0.05) is 19.5 Å². The maximum absolute atomic E-state index is 12.4. The van der Waals surface area contributed by atoms with Gasteiger partial charge in [-0.05, 0) is 18.3 Å². The Hall–Kier alpha value is -0.740. The summed E-state index contributed by atoms with van der Waals surface area (Å²) >= 11 is 0. The van der Waals surface area contributed by atoms with E-state index in [0.717, 1.165) is 0 Å². The Morgan fingerprint density at radius 3 is 2.00 bits per heavy atom. The quantitative estimate of drug-likeness (QED) is 0.700. The summed E-state index contributed by atoms with van der Waals surface area (Å²) in [5.74, 6) is -1.26. The summed E-state index contributed by atoms with van der Waals surface area (Å²) in [6.07, 6.45) is -3.64. The summed E-state index contributed by atoms with van der Waals surface area (Å²) in [4.78, 5) is 13.4. The lowest BCUT2D eigenvalue weighted by atomic mass is 9.90. The minimum absolute atomic E-state index is 0.0295. The fourth-order valence-corrected chi connectivity index (χ4v) is 2.02. The van der Waals surface area contributed by atoms with Crippen molar-refractivity contribution in [1.29, 1.82) is 0 Å². The first-order valence-corrected chi connectivity index (χ1v) is 5.94. The first-order chi connectivity index (χ1) is 7.59. The van der Waals surface area contributed by atoms with Gasteiger partial charge < -0.3 is 4.90 Å². The fourth-order valence-electron chi connectivity index (χ4n) is 2.02. The van der Waals surface area contributed by atoms with E-state index in [4.69, 9.17) is 0 Å². The van der Waals surface area contributed by atoms with Crippen molar-refractivity contribution in [2.45, 2.75) is 46.2 Å². The molecule has 1 aliphatic rings. The molecular formula is C12H20F3NO. The smallest absolute Gasteiger partial charge is 0.343 e. The summed E-state index contributed by atoms with van der Waals surface area (Å²) in [6, 6.07) is 0. The van der Waals surface area contributed by atoms with Crippen molar-refractivity contribution in [2.24, 2.45) is 11.3 Å². The van der Waals surface area contributed by atoms with Crippen LogP contribution in [0.25, 0.3) is 0 Å². The largest absolute Gasteiger partial charge is 0.391 e. The molecule has 2 nitrogen and oxygen atoms in total. The Balaban J connectivity index is 2.45. The summed E-state index contributed by atoms with van der Waals surface area (Å²) in [7, 11) is 0. The maximum atomic E-state index is 12.4. The van der Waals surface area contributed by atoms with Gasteiger partial charge in [-0.3, -0.25) is 4.79 Å². The summed E-state index contributed by atoms with van der Waals surface area (Å²) in [6.45, 7) is 6.33. The highest BCUT2D eigenvalue weighted by atomic mass is 19.4. The van der Waals surface area contributed by atoms with Gasteiger partial charge in [-0.25, -0.2) is 0 Å². The summed E-state index contributed by atoms with van der Waals surface area (Å²) < 4.78 is 37.3. The van der Waals surface area contributed by atoms with Crippen LogP contribution < -0.4 is 0 Å². The summed E-state index contributed by atoms with van der Waals surface area (Å²) in [5, 5.41) is 0. The Morgan fingerprint density at radius 2 is 1.65 bits per heavy atom. The van der Waals surface area contributed by atoms with Crippen molar-refractivity contribution in [3.05, 3.63) is 0 Å². The topological polar surface area (TPSA) is 20.3 Å². The highest BCUT2D eigenvalue weighted by molar-refractivity contribution is 5.76. The second-order valence-corrected chi connectivity index (χ2v) is 5.93. The number of piperidine rings is 1. The van der Waals surface area contributed by atoms with Gasteiger partial charge in [0.1, 0.15) is 0 Å². The number of amides is 1. The number of likely N-dealkylation sites (tertiary alicyclic amines) is 1. The second kappa shape index (κ2) is 4.86. The number of halogens is 3. The average Bonchev–Trinajstić information content (AvgIpc) is 2.14. The van der Waals surface area contributed by atoms with Gasteiger partial charge >= 0.3 is 6.18 Å². The first kappa shape index (κ1) is 14.3. The Bertz CT molecular complexity index is 272. The van der Waals surface area contributed by atoms with Crippen LogP contribution in [0.3, 0.4) is 0 Å². The van der Waals surface area contributed by atoms with Gasteiger partial charge in [0.05, 0.1) is 5.92 Å². The molecule has 1 amide bonds. The van der Waals surface area contributed by atoms with Crippen LogP contribution in [0.4, 0.5) is 13.2 Å². The van der Waals surface area contributed by atoms with Crippen molar-refractivity contribution in [2.75, 3.05) is 13.1 Å². The van der Waals surface area contributed by atoms with Gasteiger partial charge in [-0.15, -0.1) is 0 Å². The highest BCUT2D eigenvalue weighted by Crippen LogP contribution is 2.34. The maximum Gasteiger partial charge on any atom is 0.391 e. The van der Waals surface area contributed by atoms with E-state index in [1.807, 2.05) is 20.8 Å². The lowest BCUT2D eigenvalue weighted by Crippen LogP contribution is -2.43. The molecule has 1 rings (SSSR count). The first-order valence-electron chi connectivity index (χ1n) is 5.94. The molecule has 0 bridgehead atoms. The van der Waals surface area contributed by atoms with Crippen LogP contribution in [-0.2, 0) is 4.79 Å². The second-order valence-electron chi connectivity index (χ2n) is 5.93.